The molecular formula is C14H19N3O2. The van der Waals surface area contributed by atoms with Crippen LogP contribution in [0.2, 0.25) is 0 Å². The van der Waals surface area contributed by atoms with Gasteiger partial charge in [-0.1, -0.05) is 0 Å². The minimum atomic E-state index is -0.198. The van der Waals surface area contributed by atoms with E-state index < -0.39 is 0 Å². The second-order valence-corrected chi connectivity index (χ2v) is 5.26. The fraction of sp³-hybridized carbons (Fsp3) is 0.571. The number of ether oxygens (including phenoxy) is 1. The molecule has 0 radical (unpaired) electrons. The molecule has 5 heteroatoms. The summed E-state index contributed by atoms with van der Waals surface area (Å²) in [6, 6.07) is 1.62. The van der Waals surface area contributed by atoms with Crippen molar-refractivity contribution in [3.8, 4) is 12.3 Å². The average molecular weight is 261 g/mol. The first-order valence-electron chi connectivity index (χ1n) is 6.41. The zero-order chi connectivity index (χ0) is 13.9. The van der Waals surface area contributed by atoms with E-state index in [1.807, 2.05) is 13.8 Å². The Kier molecular flexibility index (Phi) is 3.91. The molecule has 1 aromatic rings. The Hall–Kier alpha value is -1.80. The van der Waals surface area contributed by atoms with Crippen LogP contribution in [-0.4, -0.2) is 35.1 Å². The van der Waals surface area contributed by atoms with Crippen molar-refractivity contribution in [2.45, 2.75) is 32.4 Å². The molecule has 5 nitrogen and oxygen atoms in total. The average Bonchev–Trinajstić information content (AvgIpc) is 2.36. The second kappa shape index (κ2) is 5.45. The van der Waals surface area contributed by atoms with Crippen molar-refractivity contribution in [1.82, 2.24) is 9.78 Å². The highest BCUT2D eigenvalue weighted by Crippen LogP contribution is 2.21. The van der Waals surface area contributed by atoms with Gasteiger partial charge in [-0.25, -0.2) is 4.68 Å². The van der Waals surface area contributed by atoms with Crippen molar-refractivity contribution in [2.75, 3.05) is 24.6 Å². The largest absolute Gasteiger partial charge is 0.372 e. The number of nitrogens with zero attached hydrogens (tertiary/aromatic N) is 3. The Labute approximate surface area is 113 Å². The van der Waals surface area contributed by atoms with Gasteiger partial charge in [0.25, 0.3) is 5.56 Å². The summed E-state index contributed by atoms with van der Waals surface area (Å²) in [7, 11) is 0. The van der Waals surface area contributed by atoms with E-state index >= 15 is 0 Å². The Morgan fingerprint density at radius 3 is 3.00 bits per heavy atom. The molecule has 1 aliphatic heterocycles. The fourth-order valence-corrected chi connectivity index (χ4v) is 2.17. The molecule has 2 heterocycles. The molecule has 0 bridgehead atoms. The lowest BCUT2D eigenvalue weighted by molar-refractivity contribution is -0.0277. The molecule has 0 N–H and O–H groups in total. The van der Waals surface area contributed by atoms with Crippen LogP contribution in [0.1, 0.15) is 20.3 Å². The monoisotopic (exact) mass is 261 g/mol. The van der Waals surface area contributed by atoms with Gasteiger partial charge in [-0.15, -0.1) is 12.3 Å². The topological polar surface area (TPSA) is 47.4 Å². The zero-order valence-electron chi connectivity index (χ0n) is 11.4. The number of rotatable bonds is 3. The van der Waals surface area contributed by atoms with Crippen molar-refractivity contribution >= 4 is 5.69 Å². The van der Waals surface area contributed by atoms with E-state index in [4.69, 9.17) is 11.2 Å². The van der Waals surface area contributed by atoms with Crippen LogP contribution in [0, 0.1) is 12.3 Å². The minimum absolute atomic E-state index is 0.114. The summed E-state index contributed by atoms with van der Waals surface area (Å²) in [6.07, 6.45) is 7.42. The van der Waals surface area contributed by atoms with Crippen molar-refractivity contribution in [1.29, 1.82) is 0 Å². The number of hydrogen-bond donors (Lipinski definition) is 0. The van der Waals surface area contributed by atoms with E-state index in [1.54, 1.807) is 12.3 Å². The molecule has 2 rings (SSSR count). The molecule has 0 atom stereocenters. The van der Waals surface area contributed by atoms with Gasteiger partial charge in [0.1, 0.15) is 0 Å². The molecule has 102 valence electrons. The van der Waals surface area contributed by atoms with Gasteiger partial charge in [-0.3, -0.25) is 4.79 Å². The predicted molar refractivity (Wildman–Crippen MR) is 74.2 cm³/mol. The quantitative estimate of drug-likeness (QED) is 0.758. The lowest BCUT2D eigenvalue weighted by Gasteiger charge is -2.39. The van der Waals surface area contributed by atoms with E-state index in [9.17, 15) is 4.79 Å². The summed E-state index contributed by atoms with van der Waals surface area (Å²) in [5, 5.41) is 4.16. The highest BCUT2D eigenvalue weighted by molar-refractivity contribution is 5.43. The predicted octanol–water partition coefficient (Wildman–Crippen LogP) is 0.882. The molecule has 1 aliphatic rings. The molecule has 1 aromatic heterocycles. The van der Waals surface area contributed by atoms with Crippen LogP contribution >= 0.6 is 0 Å². The van der Waals surface area contributed by atoms with E-state index in [0.29, 0.717) is 19.6 Å². The van der Waals surface area contributed by atoms with Crippen molar-refractivity contribution in [2.24, 2.45) is 0 Å². The molecule has 0 aliphatic carbocycles. The molecule has 0 saturated carbocycles. The molecule has 0 amide bonds. The third-order valence-electron chi connectivity index (χ3n) is 3.11. The zero-order valence-corrected chi connectivity index (χ0v) is 11.4. The number of hydrogen-bond acceptors (Lipinski definition) is 4. The van der Waals surface area contributed by atoms with Crippen LogP contribution in [0.3, 0.4) is 0 Å². The van der Waals surface area contributed by atoms with Crippen LogP contribution in [0.25, 0.3) is 0 Å². The Morgan fingerprint density at radius 1 is 1.58 bits per heavy atom. The molecule has 1 saturated heterocycles. The fourth-order valence-electron chi connectivity index (χ4n) is 2.17. The summed E-state index contributed by atoms with van der Waals surface area (Å²) in [5.74, 6) is 2.51. The number of terminal acetylenes is 1. The summed E-state index contributed by atoms with van der Waals surface area (Å²) in [6.45, 7) is 6.74. The first-order chi connectivity index (χ1) is 9.02. The smallest absolute Gasteiger partial charge is 0.268 e. The second-order valence-electron chi connectivity index (χ2n) is 5.26. The third-order valence-corrected chi connectivity index (χ3v) is 3.11. The van der Waals surface area contributed by atoms with Gasteiger partial charge in [0, 0.05) is 25.6 Å². The molecule has 1 fully saturated rings. The molecule has 0 aromatic carbocycles. The third kappa shape index (κ3) is 3.36. The SMILES string of the molecule is C#CCCn1ncc(N2CCOC(C)(C)C2)cc1=O. The van der Waals surface area contributed by atoms with Crippen LogP contribution in [-0.2, 0) is 11.3 Å². The van der Waals surface area contributed by atoms with Crippen LogP contribution < -0.4 is 10.5 Å². The lowest BCUT2D eigenvalue weighted by atomic mass is 10.1. The van der Waals surface area contributed by atoms with E-state index in [1.165, 1.54) is 4.68 Å². The van der Waals surface area contributed by atoms with E-state index in [0.717, 1.165) is 18.8 Å². The van der Waals surface area contributed by atoms with Crippen molar-refractivity contribution in [3.63, 3.8) is 0 Å². The Morgan fingerprint density at radius 2 is 2.37 bits per heavy atom. The first kappa shape index (κ1) is 13.6. The molecule has 19 heavy (non-hydrogen) atoms. The highest BCUT2D eigenvalue weighted by atomic mass is 16.5. The maximum atomic E-state index is 11.9. The molecule has 0 spiro atoms. The Balaban J connectivity index is 2.16. The van der Waals surface area contributed by atoms with Crippen molar-refractivity contribution in [3.05, 3.63) is 22.6 Å². The maximum absolute atomic E-state index is 11.9. The van der Waals surface area contributed by atoms with Gasteiger partial charge >= 0.3 is 0 Å². The number of morpholine rings is 1. The van der Waals surface area contributed by atoms with Gasteiger partial charge in [-0.2, -0.15) is 5.10 Å². The standard InChI is InChI=1S/C14H19N3O2/c1-4-5-6-17-13(18)9-12(10-15-17)16-7-8-19-14(2,3)11-16/h1,9-10H,5-8,11H2,2-3H3. The minimum Gasteiger partial charge on any atom is -0.372 e. The van der Waals surface area contributed by atoms with E-state index in [2.05, 4.69) is 15.9 Å². The summed E-state index contributed by atoms with van der Waals surface area (Å²) >= 11 is 0. The van der Waals surface area contributed by atoms with Crippen LogP contribution in [0.4, 0.5) is 5.69 Å². The van der Waals surface area contributed by atoms with Gasteiger partial charge in [0.2, 0.25) is 0 Å². The molecular weight excluding hydrogens is 242 g/mol. The normalized spacial score (nSPS) is 18.1. The lowest BCUT2D eigenvalue weighted by Crippen LogP contribution is -2.48. The van der Waals surface area contributed by atoms with Gasteiger partial charge in [0.05, 0.1) is 30.6 Å². The maximum Gasteiger partial charge on any atom is 0.268 e. The summed E-state index contributed by atoms with van der Waals surface area (Å²) in [4.78, 5) is 14.1. The van der Waals surface area contributed by atoms with Gasteiger partial charge in [-0.05, 0) is 13.8 Å². The first-order valence-corrected chi connectivity index (χ1v) is 6.41. The van der Waals surface area contributed by atoms with Crippen molar-refractivity contribution < 1.29 is 4.74 Å². The van der Waals surface area contributed by atoms with E-state index in [-0.39, 0.29) is 11.2 Å². The van der Waals surface area contributed by atoms with Crippen LogP contribution in [0.15, 0.2) is 17.1 Å². The molecule has 0 unspecified atom stereocenters. The number of aryl methyl sites for hydroxylation is 1. The van der Waals surface area contributed by atoms with Gasteiger partial charge in [0.15, 0.2) is 0 Å². The van der Waals surface area contributed by atoms with Crippen LogP contribution in [0.5, 0.6) is 0 Å². The number of anilines is 1. The number of aromatic nitrogens is 2. The van der Waals surface area contributed by atoms with Gasteiger partial charge < -0.3 is 9.64 Å². The summed E-state index contributed by atoms with van der Waals surface area (Å²) < 4.78 is 7.05. The highest BCUT2D eigenvalue weighted by Gasteiger charge is 2.27. The Bertz CT molecular complexity index is 542. The summed E-state index contributed by atoms with van der Waals surface area (Å²) in [5.41, 5.74) is 0.534.